The second-order valence-corrected chi connectivity index (χ2v) is 7.14. The molecule has 2 aromatic rings. The van der Waals surface area contributed by atoms with Crippen molar-refractivity contribution in [1.82, 2.24) is 20.0 Å². The fourth-order valence-corrected chi connectivity index (χ4v) is 3.24. The third-order valence-corrected chi connectivity index (χ3v) is 4.86. The van der Waals surface area contributed by atoms with Crippen molar-refractivity contribution >= 4 is 11.7 Å². The van der Waals surface area contributed by atoms with E-state index >= 15 is 0 Å². The molecule has 3 rings (SSSR count). The van der Waals surface area contributed by atoms with Crippen LogP contribution >= 0.6 is 0 Å². The van der Waals surface area contributed by atoms with Crippen LogP contribution in [0.5, 0.6) is 0 Å². The summed E-state index contributed by atoms with van der Waals surface area (Å²) < 4.78 is 0. The lowest BCUT2D eigenvalue weighted by molar-refractivity contribution is 0.0828. The fraction of sp³-hybridized carbons (Fsp3) is 0.450. The summed E-state index contributed by atoms with van der Waals surface area (Å²) in [5, 5.41) is 8.83. The number of hydrogen-bond acceptors (Lipinski definition) is 5. The van der Waals surface area contributed by atoms with E-state index in [0.717, 1.165) is 43.3 Å². The van der Waals surface area contributed by atoms with Gasteiger partial charge in [0, 0.05) is 57.4 Å². The van der Waals surface area contributed by atoms with Gasteiger partial charge in [-0.1, -0.05) is 18.2 Å². The third kappa shape index (κ3) is 3.85. The molecule has 1 aliphatic heterocycles. The molecule has 1 fully saturated rings. The SMILES string of the molecule is CC(C)N1CCN(c2ccc(-c3ccccc3C(=O)N(C)C)nn2)CC1. The van der Waals surface area contributed by atoms with E-state index in [-0.39, 0.29) is 5.91 Å². The van der Waals surface area contributed by atoms with E-state index in [2.05, 4.69) is 33.8 Å². The minimum atomic E-state index is -0.0312. The maximum Gasteiger partial charge on any atom is 0.254 e. The van der Waals surface area contributed by atoms with Crippen LogP contribution < -0.4 is 4.90 Å². The largest absolute Gasteiger partial charge is 0.353 e. The maximum absolute atomic E-state index is 12.4. The van der Waals surface area contributed by atoms with Gasteiger partial charge in [0.25, 0.3) is 5.91 Å². The molecule has 0 spiro atoms. The van der Waals surface area contributed by atoms with Crippen LogP contribution in [0.4, 0.5) is 5.82 Å². The molecule has 1 amide bonds. The summed E-state index contributed by atoms with van der Waals surface area (Å²) in [4.78, 5) is 18.7. The van der Waals surface area contributed by atoms with Gasteiger partial charge in [0.1, 0.15) is 0 Å². The molecule has 0 atom stereocenters. The van der Waals surface area contributed by atoms with Crippen LogP contribution in [0.1, 0.15) is 24.2 Å². The molecule has 6 nitrogen and oxygen atoms in total. The summed E-state index contributed by atoms with van der Waals surface area (Å²) in [6.07, 6.45) is 0. The number of amides is 1. The van der Waals surface area contributed by atoms with Gasteiger partial charge in [0.05, 0.1) is 5.69 Å². The molecule has 0 N–H and O–H groups in total. The van der Waals surface area contributed by atoms with E-state index in [4.69, 9.17) is 0 Å². The van der Waals surface area contributed by atoms with E-state index in [9.17, 15) is 4.79 Å². The average Bonchev–Trinajstić information content (AvgIpc) is 2.67. The second kappa shape index (κ2) is 7.83. The highest BCUT2D eigenvalue weighted by molar-refractivity contribution is 6.00. The van der Waals surface area contributed by atoms with Crippen LogP contribution in [0.2, 0.25) is 0 Å². The van der Waals surface area contributed by atoms with Crippen molar-refractivity contribution in [3.05, 3.63) is 42.0 Å². The number of carbonyl (C=O) groups excluding carboxylic acids is 1. The molecule has 0 aliphatic carbocycles. The Bertz CT molecular complexity index is 749. The van der Waals surface area contributed by atoms with Gasteiger partial charge in [-0.15, -0.1) is 10.2 Å². The number of nitrogens with zero attached hydrogens (tertiary/aromatic N) is 5. The molecule has 1 aromatic carbocycles. The zero-order chi connectivity index (χ0) is 18.7. The molecule has 138 valence electrons. The van der Waals surface area contributed by atoms with Crippen LogP contribution in [0.3, 0.4) is 0 Å². The van der Waals surface area contributed by atoms with Gasteiger partial charge in [0.15, 0.2) is 5.82 Å². The number of hydrogen-bond donors (Lipinski definition) is 0. The highest BCUT2D eigenvalue weighted by Crippen LogP contribution is 2.24. The first-order valence-corrected chi connectivity index (χ1v) is 9.11. The second-order valence-electron chi connectivity index (χ2n) is 7.14. The summed E-state index contributed by atoms with van der Waals surface area (Å²) >= 11 is 0. The normalized spacial score (nSPS) is 15.3. The first kappa shape index (κ1) is 18.3. The van der Waals surface area contributed by atoms with Crippen molar-refractivity contribution in [3.8, 4) is 11.3 Å². The minimum Gasteiger partial charge on any atom is -0.353 e. The average molecular weight is 353 g/mol. The smallest absolute Gasteiger partial charge is 0.254 e. The van der Waals surface area contributed by atoms with E-state index in [1.165, 1.54) is 0 Å². The van der Waals surface area contributed by atoms with E-state index in [1.807, 2.05) is 36.4 Å². The lowest BCUT2D eigenvalue weighted by atomic mass is 10.0. The predicted octanol–water partition coefficient (Wildman–Crippen LogP) is 2.38. The number of carbonyl (C=O) groups is 1. The summed E-state index contributed by atoms with van der Waals surface area (Å²) in [5.74, 6) is 0.866. The Kier molecular flexibility index (Phi) is 5.52. The molecule has 1 saturated heterocycles. The molecule has 6 heteroatoms. The quantitative estimate of drug-likeness (QED) is 0.845. The van der Waals surface area contributed by atoms with Gasteiger partial charge in [-0.2, -0.15) is 0 Å². The third-order valence-electron chi connectivity index (χ3n) is 4.86. The Morgan fingerprint density at radius 2 is 1.69 bits per heavy atom. The Labute approximate surface area is 155 Å². The predicted molar refractivity (Wildman–Crippen MR) is 104 cm³/mol. The Morgan fingerprint density at radius 1 is 1.00 bits per heavy atom. The van der Waals surface area contributed by atoms with Gasteiger partial charge >= 0.3 is 0 Å². The molecule has 0 bridgehead atoms. The van der Waals surface area contributed by atoms with Crippen molar-refractivity contribution in [2.45, 2.75) is 19.9 Å². The molecule has 2 heterocycles. The Morgan fingerprint density at radius 3 is 2.27 bits per heavy atom. The van der Waals surface area contributed by atoms with Gasteiger partial charge < -0.3 is 9.80 Å². The van der Waals surface area contributed by atoms with Crippen molar-refractivity contribution in [3.63, 3.8) is 0 Å². The molecule has 0 saturated carbocycles. The summed E-state index contributed by atoms with van der Waals surface area (Å²) in [6.45, 7) is 8.47. The molecular formula is C20H27N5O. The molecule has 0 unspecified atom stereocenters. The van der Waals surface area contributed by atoms with Crippen molar-refractivity contribution in [2.24, 2.45) is 0 Å². The van der Waals surface area contributed by atoms with Crippen LogP contribution in [-0.2, 0) is 0 Å². The van der Waals surface area contributed by atoms with Gasteiger partial charge in [0.2, 0.25) is 0 Å². The fourth-order valence-electron chi connectivity index (χ4n) is 3.24. The van der Waals surface area contributed by atoms with Crippen molar-refractivity contribution in [1.29, 1.82) is 0 Å². The van der Waals surface area contributed by atoms with E-state index < -0.39 is 0 Å². The zero-order valence-electron chi connectivity index (χ0n) is 16.0. The highest BCUT2D eigenvalue weighted by Gasteiger charge is 2.20. The molecular weight excluding hydrogens is 326 g/mol. The standard InChI is InChI=1S/C20H27N5O/c1-15(2)24-11-13-25(14-12-24)19-10-9-18(21-22-19)16-7-5-6-8-17(16)20(26)23(3)4/h5-10,15H,11-14H2,1-4H3. The van der Waals surface area contributed by atoms with E-state index in [0.29, 0.717) is 11.6 Å². The first-order valence-electron chi connectivity index (χ1n) is 9.11. The number of anilines is 1. The van der Waals surface area contributed by atoms with Gasteiger partial charge in [-0.05, 0) is 32.0 Å². The van der Waals surface area contributed by atoms with Crippen LogP contribution in [0.25, 0.3) is 11.3 Å². The summed E-state index contributed by atoms with van der Waals surface area (Å²) in [5.41, 5.74) is 2.18. The van der Waals surface area contributed by atoms with Gasteiger partial charge in [-0.25, -0.2) is 0 Å². The Hall–Kier alpha value is -2.47. The molecule has 0 radical (unpaired) electrons. The van der Waals surface area contributed by atoms with E-state index in [1.54, 1.807) is 19.0 Å². The summed E-state index contributed by atoms with van der Waals surface area (Å²) in [7, 11) is 3.51. The molecule has 1 aromatic heterocycles. The lowest BCUT2D eigenvalue weighted by Crippen LogP contribution is -2.49. The van der Waals surface area contributed by atoms with Crippen LogP contribution in [0.15, 0.2) is 36.4 Å². The first-order chi connectivity index (χ1) is 12.5. The minimum absolute atomic E-state index is 0.0312. The zero-order valence-corrected chi connectivity index (χ0v) is 16.0. The maximum atomic E-state index is 12.4. The Balaban J connectivity index is 1.78. The molecule has 26 heavy (non-hydrogen) atoms. The lowest BCUT2D eigenvalue weighted by Gasteiger charge is -2.37. The topological polar surface area (TPSA) is 52.6 Å². The number of rotatable bonds is 4. The van der Waals surface area contributed by atoms with Crippen molar-refractivity contribution in [2.75, 3.05) is 45.2 Å². The molecule has 1 aliphatic rings. The highest BCUT2D eigenvalue weighted by atomic mass is 16.2. The van der Waals surface area contributed by atoms with Crippen LogP contribution in [0, 0.1) is 0 Å². The van der Waals surface area contributed by atoms with Crippen molar-refractivity contribution < 1.29 is 4.79 Å². The van der Waals surface area contributed by atoms with Crippen LogP contribution in [-0.4, -0.2) is 72.2 Å². The summed E-state index contributed by atoms with van der Waals surface area (Å²) in [6, 6.07) is 12.1. The number of aromatic nitrogens is 2. The van der Waals surface area contributed by atoms with Gasteiger partial charge in [-0.3, -0.25) is 9.69 Å². The monoisotopic (exact) mass is 353 g/mol. The number of piperazine rings is 1. The number of benzene rings is 1.